The van der Waals surface area contributed by atoms with E-state index < -0.39 is 0 Å². The zero-order chi connectivity index (χ0) is 18.4. The molecule has 2 aromatic carbocycles. The Morgan fingerprint density at radius 2 is 1.54 bits per heavy atom. The fourth-order valence-corrected chi connectivity index (χ4v) is 3.06. The summed E-state index contributed by atoms with van der Waals surface area (Å²) < 4.78 is 5.36. The van der Waals surface area contributed by atoms with Crippen LogP contribution >= 0.6 is 0 Å². The van der Waals surface area contributed by atoms with Crippen molar-refractivity contribution in [1.82, 2.24) is 9.80 Å². The second-order valence-electron chi connectivity index (χ2n) is 6.57. The minimum atomic E-state index is -0.320. The SMILES string of the molecule is Cc1cccc(CC(=O)N2CCN(C(=O)OCc3ccccc3)CC2)c1. The molecule has 0 aliphatic carbocycles. The zero-order valence-electron chi connectivity index (χ0n) is 15.1. The van der Waals surface area contributed by atoms with Gasteiger partial charge in [-0.1, -0.05) is 60.2 Å². The van der Waals surface area contributed by atoms with E-state index in [0.29, 0.717) is 32.6 Å². The lowest BCUT2D eigenvalue weighted by molar-refractivity contribution is -0.132. The van der Waals surface area contributed by atoms with Crippen LogP contribution in [-0.2, 0) is 22.6 Å². The molecule has 0 spiro atoms. The average molecular weight is 352 g/mol. The van der Waals surface area contributed by atoms with Crippen molar-refractivity contribution >= 4 is 12.0 Å². The van der Waals surface area contributed by atoms with Crippen molar-refractivity contribution in [2.45, 2.75) is 20.0 Å². The number of amides is 2. The van der Waals surface area contributed by atoms with E-state index in [0.717, 1.165) is 16.7 Å². The maximum Gasteiger partial charge on any atom is 0.410 e. The highest BCUT2D eigenvalue weighted by atomic mass is 16.6. The summed E-state index contributed by atoms with van der Waals surface area (Å²) >= 11 is 0. The molecule has 0 radical (unpaired) electrons. The highest BCUT2D eigenvalue weighted by Crippen LogP contribution is 2.10. The molecule has 1 heterocycles. The van der Waals surface area contributed by atoms with Crippen molar-refractivity contribution in [3.63, 3.8) is 0 Å². The van der Waals surface area contributed by atoms with Gasteiger partial charge in [0.25, 0.3) is 0 Å². The van der Waals surface area contributed by atoms with Crippen LogP contribution < -0.4 is 0 Å². The Morgan fingerprint density at radius 1 is 0.885 bits per heavy atom. The van der Waals surface area contributed by atoms with E-state index in [-0.39, 0.29) is 18.6 Å². The van der Waals surface area contributed by atoms with E-state index >= 15 is 0 Å². The van der Waals surface area contributed by atoms with Gasteiger partial charge < -0.3 is 14.5 Å². The van der Waals surface area contributed by atoms with E-state index in [9.17, 15) is 9.59 Å². The Kier molecular flexibility index (Phi) is 5.89. The van der Waals surface area contributed by atoms with Crippen molar-refractivity contribution in [3.8, 4) is 0 Å². The monoisotopic (exact) mass is 352 g/mol. The predicted octanol–water partition coefficient (Wildman–Crippen LogP) is 3.02. The van der Waals surface area contributed by atoms with Crippen LogP contribution in [0, 0.1) is 6.92 Å². The van der Waals surface area contributed by atoms with Gasteiger partial charge in [-0.2, -0.15) is 0 Å². The van der Waals surface area contributed by atoms with Gasteiger partial charge in [0.05, 0.1) is 6.42 Å². The smallest absolute Gasteiger partial charge is 0.410 e. The molecular weight excluding hydrogens is 328 g/mol. The third-order valence-electron chi connectivity index (χ3n) is 4.53. The van der Waals surface area contributed by atoms with Crippen molar-refractivity contribution < 1.29 is 14.3 Å². The summed E-state index contributed by atoms with van der Waals surface area (Å²) in [5, 5.41) is 0. The van der Waals surface area contributed by atoms with E-state index in [1.54, 1.807) is 4.90 Å². The molecule has 2 amide bonds. The van der Waals surface area contributed by atoms with Crippen LogP contribution in [0.25, 0.3) is 0 Å². The first-order valence-electron chi connectivity index (χ1n) is 8.91. The summed E-state index contributed by atoms with van der Waals surface area (Å²) in [6, 6.07) is 17.6. The molecule has 0 N–H and O–H groups in total. The van der Waals surface area contributed by atoms with E-state index in [1.807, 2.05) is 66.4 Å². The van der Waals surface area contributed by atoms with E-state index in [4.69, 9.17) is 4.74 Å². The predicted molar refractivity (Wildman–Crippen MR) is 99.7 cm³/mol. The lowest BCUT2D eigenvalue weighted by Gasteiger charge is -2.34. The molecular formula is C21H24N2O3. The second kappa shape index (κ2) is 8.52. The number of hydrogen-bond donors (Lipinski definition) is 0. The molecule has 2 aromatic rings. The highest BCUT2D eigenvalue weighted by molar-refractivity contribution is 5.79. The average Bonchev–Trinajstić information content (AvgIpc) is 2.67. The molecule has 0 unspecified atom stereocenters. The van der Waals surface area contributed by atoms with Crippen LogP contribution in [0.4, 0.5) is 4.79 Å². The van der Waals surface area contributed by atoms with Crippen LogP contribution in [0.3, 0.4) is 0 Å². The molecule has 5 heteroatoms. The first-order valence-corrected chi connectivity index (χ1v) is 8.91. The standard InChI is InChI=1S/C21H24N2O3/c1-17-6-5-9-19(14-17)15-20(24)22-10-12-23(13-11-22)21(25)26-16-18-7-3-2-4-8-18/h2-9,14H,10-13,15-16H2,1H3. The van der Waals surface area contributed by atoms with Crippen molar-refractivity contribution in [3.05, 3.63) is 71.3 Å². The van der Waals surface area contributed by atoms with Gasteiger partial charge in [0.1, 0.15) is 6.61 Å². The molecule has 1 saturated heterocycles. The topological polar surface area (TPSA) is 49.9 Å². The molecule has 26 heavy (non-hydrogen) atoms. The number of aryl methyl sites for hydroxylation is 1. The number of benzene rings is 2. The van der Waals surface area contributed by atoms with Gasteiger partial charge in [-0.3, -0.25) is 4.79 Å². The Morgan fingerprint density at radius 3 is 2.23 bits per heavy atom. The summed E-state index contributed by atoms with van der Waals surface area (Å²) in [6.07, 6.45) is 0.0831. The minimum absolute atomic E-state index is 0.105. The van der Waals surface area contributed by atoms with E-state index in [2.05, 4.69) is 0 Å². The first kappa shape index (κ1) is 18.0. The number of rotatable bonds is 4. The highest BCUT2D eigenvalue weighted by Gasteiger charge is 2.25. The van der Waals surface area contributed by atoms with Crippen LogP contribution in [0.1, 0.15) is 16.7 Å². The quantitative estimate of drug-likeness (QED) is 0.850. The third kappa shape index (κ3) is 4.85. The van der Waals surface area contributed by atoms with Gasteiger partial charge in [-0.15, -0.1) is 0 Å². The molecule has 5 nitrogen and oxygen atoms in total. The third-order valence-corrected chi connectivity index (χ3v) is 4.53. The Balaban J connectivity index is 1.44. The summed E-state index contributed by atoms with van der Waals surface area (Å²) in [5.74, 6) is 0.105. The maximum absolute atomic E-state index is 12.5. The number of piperazine rings is 1. The molecule has 1 aliphatic rings. The molecule has 0 saturated carbocycles. The summed E-state index contributed by atoms with van der Waals surface area (Å²) in [7, 11) is 0. The fourth-order valence-electron chi connectivity index (χ4n) is 3.06. The van der Waals surface area contributed by atoms with Gasteiger partial charge in [-0.05, 0) is 18.1 Å². The van der Waals surface area contributed by atoms with Gasteiger partial charge in [0.2, 0.25) is 5.91 Å². The van der Waals surface area contributed by atoms with Crippen molar-refractivity contribution in [1.29, 1.82) is 0 Å². The second-order valence-corrected chi connectivity index (χ2v) is 6.57. The summed E-state index contributed by atoms with van der Waals surface area (Å²) in [4.78, 5) is 28.1. The zero-order valence-corrected chi connectivity index (χ0v) is 15.1. The maximum atomic E-state index is 12.5. The largest absolute Gasteiger partial charge is 0.445 e. The first-order chi connectivity index (χ1) is 12.6. The number of nitrogens with zero attached hydrogens (tertiary/aromatic N) is 2. The number of ether oxygens (including phenoxy) is 1. The number of carbonyl (C=O) groups is 2. The number of hydrogen-bond acceptors (Lipinski definition) is 3. The van der Waals surface area contributed by atoms with Crippen molar-refractivity contribution in [2.24, 2.45) is 0 Å². The normalized spacial score (nSPS) is 14.2. The van der Waals surface area contributed by atoms with Crippen LogP contribution in [0.5, 0.6) is 0 Å². The molecule has 3 rings (SSSR count). The van der Waals surface area contributed by atoms with Crippen LogP contribution in [-0.4, -0.2) is 48.0 Å². The molecule has 1 aliphatic heterocycles. The summed E-state index contributed by atoms with van der Waals surface area (Å²) in [5.41, 5.74) is 3.15. The van der Waals surface area contributed by atoms with E-state index in [1.165, 1.54) is 0 Å². The van der Waals surface area contributed by atoms with Gasteiger partial charge in [0, 0.05) is 26.2 Å². The van der Waals surface area contributed by atoms with Gasteiger partial charge in [0.15, 0.2) is 0 Å². The van der Waals surface area contributed by atoms with Crippen LogP contribution in [0.15, 0.2) is 54.6 Å². The lowest BCUT2D eigenvalue weighted by Crippen LogP contribution is -2.51. The Labute approximate surface area is 154 Å². The molecule has 0 bridgehead atoms. The Bertz CT molecular complexity index is 753. The Hall–Kier alpha value is -2.82. The van der Waals surface area contributed by atoms with Crippen LogP contribution in [0.2, 0.25) is 0 Å². The minimum Gasteiger partial charge on any atom is -0.445 e. The summed E-state index contributed by atoms with van der Waals surface area (Å²) in [6.45, 7) is 4.40. The molecule has 136 valence electrons. The molecule has 1 fully saturated rings. The van der Waals surface area contributed by atoms with Gasteiger partial charge >= 0.3 is 6.09 Å². The number of carbonyl (C=O) groups excluding carboxylic acids is 2. The molecule has 0 atom stereocenters. The fraction of sp³-hybridized carbons (Fsp3) is 0.333. The lowest BCUT2D eigenvalue weighted by atomic mass is 10.1. The molecule has 0 aromatic heterocycles. The van der Waals surface area contributed by atoms with Crippen molar-refractivity contribution in [2.75, 3.05) is 26.2 Å². The van der Waals surface area contributed by atoms with Gasteiger partial charge in [-0.25, -0.2) is 4.79 Å².